The Morgan fingerprint density at radius 3 is 2.35 bits per heavy atom. The van der Waals surface area contributed by atoms with Crippen LogP contribution in [-0.2, 0) is 9.59 Å². The molecule has 1 unspecified atom stereocenters. The molecule has 0 aliphatic carbocycles. The highest BCUT2D eigenvalue weighted by atomic mass is 35.5. The van der Waals surface area contributed by atoms with Crippen LogP contribution in [0.1, 0.15) is 17.2 Å². The molecule has 0 radical (unpaired) electrons. The van der Waals surface area contributed by atoms with Gasteiger partial charge in [-0.2, -0.15) is 0 Å². The van der Waals surface area contributed by atoms with Crippen LogP contribution in [0.5, 0.6) is 11.5 Å². The highest BCUT2D eigenvalue weighted by Gasteiger charge is 2.47. The number of benzene rings is 2. The second-order valence-electron chi connectivity index (χ2n) is 7.39. The van der Waals surface area contributed by atoms with Gasteiger partial charge in [0.05, 0.1) is 25.8 Å². The smallest absolute Gasteiger partial charge is 0.295 e. The van der Waals surface area contributed by atoms with Gasteiger partial charge in [0.2, 0.25) is 0 Å². The quantitative estimate of drug-likeness (QED) is 0.401. The lowest BCUT2D eigenvalue weighted by molar-refractivity contribution is -0.140. The zero-order valence-corrected chi connectivity index (χ0v) is 18.6. The van der Waals surface area contributed by atoms with E-state index in [2.05, 4.69) is 0 Å². The maximum Gasteiger partial charge on any atom is 0.295 e. The number of methoxy groups -OCH3 is 2. The molecular weight excluding hydrogens is 420 g/mol. The van der Waals surface area contributed by atoms with Crippen LogP contribution in [0.4, 0.5) is 0 Å². The summed E-state index contributed by atoms with van der Waals surface area (Å²) < 4.78 is 11.0. The zero-order valence-electron chi connectivity index (χ0n) is 17.9. The number of para-hydroxylation sites is 1. The van der Waals surface area contributed by atoms with Crippen molar-refractivity contribution < 1.29 is 24.2 Å². The Kier molecular flexibility index (Phi) is 6.87. The van der Waals surface area contributed by atoms with Crippen LogP contribution in [0.15, 0.2) is 48.0 Å². The lowest BCUT2D eigenvalue weighted by Gasteiger charge is -2.28. The van der Waals surface area contributed by atoms with E-state index in [9.17, 15) is 14.7 Å². The fourth-order valence-electron chi connectivity index (χ4n) is 3.63. The normalized spacial score (nSPS) is 18.0. The number of hydrogen-bond acceptors (Lipinski definition) is 6. The number of nitrogens with zero attached hydrogens (tertiary/aromatic N) is 2. The van der Waals surface area contributed by atoms with Gasteiger partial charge in [0, 0.05) is 29.2 Å². The second-order valence-corrected chi connectivity index (χ2v) is 7.82. The Morgan fingerprint density at radius 2 is 1.77 bits per heavy atom. The van der Waals surface area contributed by atoms with E-state index in [1.807, 2.05) is 19.0 Å². The fraction of sp³-hybridized carbons (Fsp3) is 0.304. The molecule has 31 heavy (non-hydrogen) atoms. The van der Waals surface area contributed by atoms with E-state index in [-0.39, 0.29) is 11.3 Å². The average Bonchev–Trinajstić information content (AvgIpc) is 3.01. The van der Waals surface area contributed by atoms with Gasteiger partial charge in [-0.25, -0.2) is 0 Å². The summed E-state index contributed by atoms with van der Waals surface area (Å²) >= 11 is 5.96. The summed E-state index contributed by atoms with van der Waals surface area (Å²) in [5.74, 6) is -0.830. The van der Waals surface area contributed by atoms with Crippen molar-refractivity contribution in [3.63, 3.8) is 0 Å². The summed E-state index contributed by atoms with van der Waals surface area (Å²) in [6.07, 6.45) is 0. The summed E-state index contributed by atoms with van der Waals surface area (Å²) in [5, 5.41) is 11.6. The molecule has 164 valence electrons. The SMILES string of the molecule is COc1cccc(C2C(=C(O)c3ccc(Cl)cc3)C(=O)C(=O)N2CCN(C)C)c1OC. The molecule has 1 aliphatic rings. The molecular formula is C23H25ClN2O5. The minimum Gasteiger partial charge on any atom is -0.507 e. The summed E-state index contributed by atoms with van der Waals surface area (Å²) in [4.78, 5) is 29.4. The van der Waals surface area contributed by atoms with Crippen LogP contribution in [0, 0.1) is 0 Å². The van der Waals surface area contributed by atoms with Crippen molar-refractivity contribution in [3.05, 3.63) is 64.2 Å². The standard InChI is InChI=1S/C23H25ClN2O5/c1-25(2)12-13-26-19(16-6-5-7-17(30-3)22(16)31-4)18(21(28)23(26)29)20(27)14-8-10-15(24)11-9-14/h5-11,19,27H,12-13H2,1-4H3. The first kappa shape index (κ1) is 22.7. The van der Waals surface area contributed by atoms with E-state index in [0.29, 0.717) is 40.7 Å². The number of ketones is 1. The number of aliphatic hydroxyl groups excluding tert-OH is 1. The highest BCUT2D eigenvalue weighted by Crippen LogP contribution is 2.45. The molecule has 1 atom stereocenters. The van der Waals surface area contributed by atoms with Gasteiger partial charge < -0.3 is 24.4 Å². The Morgan fingerprint density at radius 1 is 1.10 bits per heavy atom. The van der Waals surface area contributed by atoms with Gasteiger partial charge in [0.15, 0.2) is 11.5 Å². The van der Waals surface area contributed by atoms with Crippen LogP contribution in [0.25, 0.3) is 5.76 Å². The third-order valence-electron chi connectivity index (χ3n) is 5.17. The molecule has 2 aromatic carbocycles. The Bertz CT molecular complexity index is 1020. The lowest BCUT2D eigenvalue weighted by atomic mass is 9.94. The van der Waals surface area contributed by atoms with Gasteiger partial charge in [0.1, 0.15) is 5.76 Å². The van der Waals surface area contributed by atoms with Crippen molar-refractivity contribution in [2.24, 2.45) is 0 Å². The van der Waals surface area contributed by atoms with Crippen molar-refractivity contribution in [2.75, 3.05) is 41.4 Å². The van der Waals surface area contributed by atoms with Gasteiger partial charge in [-0.05, 0) is 44.4 Å². The number of amides is 1. The van der Waals surface area contributed by atoms with Gasteiger partial charge in [-0.15, -0.1) is 0 Å². The highest BCUT2D eigenvalue weighted by molar-refractivity contribution is 6.46. The van der Waals surface area contributed by atoms with Crippen LogP contribution >= 0.6 is 11.6 Å². The van der Waals surface area contributed by atoms with Crippen LogP contribution in [0.3, 0.4) is 0 Å². The number of Topliss-reactive ketones (excluding diaryl/α,β-unsaturated/α-hetero) is 1. The number of rotatable bonds is 7. The minimum absolute atomic E-state index is 0.00219. The molecule has 0 spiro atoms. The van der Waals surface area contributed by atoms with Gasteiger partial charge in [0.25, 0.3) is 11.7 Å². The van der Waals surface area contributed by atoms with Gasteiger partial charge >= 0.3 is 0 Å². The maximum absolute atomic E-state index is 13.1. The van der Waals surface area contributed by atoms with E-state index < -0.39 is 17.7 Å². The number of carbonyl (C=O) groups is 2. The topological polar surface area (TPSA) is 79.3 Å². The van der Waals surface area contributed by atoms with Crippen molar-refractivity contribution in [2.45, 2.75) is 6.04 Å². The van der Waals surface area contributed by atoms with Gasteiger partial charge in [-0.3, -0.25) is 9.59 Å². The summed E-state index contributed by atoms with van der Waals surface area (Å²) in [5.41, 5.74) is 0.940. The summed E-state index contributed by atoms with van der Waals surface area (Å²) in [6, 6.07) is 10.8. The third kappa shape index (κ3) is 4.38. The number of aliphatic hydroxyl groups is 1. The second kappa shape index (κ2) is 9.41. The zero-order chi connectivity index (χ0) is 22.7. The molecule has 8 heteroatoms. The van der Waals surface area contributed by atoms with Crippen LogP contribution in [-0.4, -0.2) is 68.0 Å². The first-order valence-electron chi connectivity index (χ1n) is 9.70. The first-order chi connectivity index (χ1) is 14.8. The van der Waals surface area contributed by atoms with Gasteiger partial charge in [-0.1, -0.05) is 23.7 Å². The molecule has 1 heterocycles. The number of likely N-dealkylation sites (N-methyl/N-ethyl adjacent to an activating group) is 1. The molecule has 1 N–H and O–H groups in total. The van der Waals surface area contributed by atoms with E-state index in [0.717, 1.165) is 0 Å². The predicted molar refractivity (Wildman–Crippen MR) is 119 cm³/mol. The first-order valence-corrected chi connectivity index (χ1v) is 10.1. The monoisotopic (exact) mass is 444 g/mol. The molecule has 1 saturated heterocycles. The van der Waals surface area contributed by atoms with Crippen LogP contribution < -0.4 is 9.47 Å². The molecule has 2 aromatic rings. The fourth-order valence-corrected chi connectivity index (χ4v) is 3.76. The summed E-state index contributed by atoms with van der Waals surface area (Å²) in [6.45, 7) is 0.830. The van der Waals surface area contributed by atoms with E-state index in [1.54, 1.807) is 42.5 Å². The lowest BCUT2D eigenvalue weighted by Crippen LogP contribution is -2.35. The van der Waals surface area contributed by atoms with Crippen molar-refractivity contribution in [1.29, 1.82) is 0 Å². The van der Waals surface area contributed by atoms with Crippen molar-refractivity contribution in [3.8, 4) is 11.5 Å². The molecule has 1 amide bonds. The number of likely N-dealkylation sites (tertiary alicyclic amines) is 1. The van der Waals surface area contributed by atoms with Crippen molar-refractivity contribution in [1.82, 2.24) is 9.80 Å². The van der Waals surface area contributed by atoms with E-state index >= 15 is 0 Å². The Labute approximate surface area is 186 Å². The molecule has 7 nitrogen and oxygen atoms in total. The molecule has 0 bridgehead atoms. The number of halogens is 1. The molecule has 1 aliphatic heterocycles. The van der Waals surface area contributed by atoms with E-state index in [1.165, 1.54) is 19.1 Å². The summed E-state index contributed by atoms with van der Waals surface area (Å²) in [7, 11) is 6.77. The number of hydrogen-bond donors (Lipinski definition) is 1. The maximum atomic E-state index is 13.1. The number of ether oxygens (including phenoxy) is 2. The molecule has 1 fully saturated rings. The van der Waals surface area contributed by atoms with Crippen molar-refractivity contribution >= 4 is 29.1 Å². The third-order valence-corrected chi connectivity index (χ3v) is 5.43. The average molecular weight is 445 g/mol. The largest absolute Gasteiger partial charge is 0.507 e. The van der Waals surface area contributed by atoms with E-state index in [4.69, 9.17) is 21.1 Å². The molecule has 0 aromatic heterocycles. The van der Waals surface area contributed by atoms with Crippen LogP contribution in [0.2, 0.25) is 5.02 Å². The molecule has 0 saturated carbocycles. The Hall–Kier alpha value is -3.03. The predicted octanol–water partition coefficient (Wildman–Crippen LogP) is 3.34. The minimum atomic E-state index is -0.833. The Balaban J connectivity index is 2.23. The number of carbonyl (C=O) groups excluding carboxylic acids is 2. The molecule has 3 rings (SSSR count).